The van der Waals surface area contributed by atoms with Crippen LogP contribution < -0.4 is 16.0 Å². The van der Waals surface area contributed by atoms with Crippen LogP contribution in [0.25, 0.3) is 0 Å². The molecule has 0 spiro atoms. The van der Waals surface area contributed by atoms with Crippen molar-refractivity contribution in [2.24, 2.45) is 5.92 Å². The fourth-order valence-corrected chi connectivity index (χ4v) is 6.82. The molecule has 284 valence electrons. The molecule has 0 bridgehead atoms. The summed E-state index contributed by atoms with van der Waals surface area (Å²) in [7, 11) is 1.67. The highest BCUT2D eigenvalue weighted by Crippen LogP contribution is 2.18. The topological polar surface area (TPSA) is 159 Å². The summed E-state index contributed by atoms with van der Waals surface area (Å²) in [6, 6.07) is 26.7. The van der Waals surface area contributed by atoms with Crippen molar-refractivity contribution in [2.45, 2.75) is 76.9 Å². The van der Waals surface area contributed by atoms with Gasteiger partial charge in [0, 0.05) is 24.9 Å². The largest absolute Gasteiger partial charge is 0.445 e. The third-order valence-corrected chi connectivity index (χ3v) is 9.76. The Kier molecular flexibility index (Phi) is 14.7. The molecule has 0 saturated carbocycles. The van der Waals surface area contributed by atoms with Gasteiger partial charge in [-0.3, -0.25) is 4.79 Å². The van der Waals surface area contributed by atoms with Crippen LogP contribution in [-0.4, -0.2) is 69.3 Å². The van der Waals surface area contributed by atoms with Crippen molar-refractivity contribution in [3.8, 4) is 0 Å². The van der Waals surface area contributed by atoms with Crippen LogP contribution >= 0.6 is 11.3 Å². The molecule has 0 unspecified atom stereocenters. The van der Waals surface area contributed by atoms with Crippen molar-refractivity contribution in [1.29, 1.82) is 0 Å². The average Bonchev–Trinajstić information content (AvgIpc) is 3.86. The molecule has 0 aliphatic heterocycles. The van der Waals surface area contributed by atoms with Crippen molar-refractivity contribution in [2.75, 3.05) is 7.05 Å². The molecular weight excluding hydrogens is 705 g/mol. The molecule has 5 aromatic rings. The SMILES string of the molecule is CC(C)[C@H](NC(=O)N(C)Cc1csc(Cc2ccccc2)n1)C(=O)N[C@@H](Cc1ccccc1)C[C@H](O)[C@H](Cc1ccccc1)NC(=O)OCc1cnco1. The van der Waals surface area contributed by atoms with E-state index in [0.717, 1.165) is 27.4 Å². The van der Waals surface area contributed by atoms with Crippen LogP contribution in [-0.2, 0) is 41.9 Å². The summed E-state index contributed by atoms with van der Waals surface area (Å²) in [6.45, 7) is 3.89. The van der Waals surface area contributed by atoms with Gasteiger partial charge in [-0.15, -0.1) is 11.3 Å². The van der Waals surface area contributed by atoms with Crippen molar-refractivity contribution in [3.05, 3.63) is 142 Å². The lowest BCUT2D eigenvalue weighted by Crippen LogP contribution is -2.55. The fraction of sp³-hybridized carbons (Fsp3) is 0.341. The van der Waals surface area contributed by atoms with E-state index in [9.17, 15) is 19.5 Å². The van der Waals surface area contributed by atoms with Crippen molar-refractivity contribution < 1.29 is 28.6 Å². The zero-order valence-corrected chi connectivity index (χ0v) is 31.6. The van der Waals surface area contributed by atoms with Gasteiger partial charge in [-0.25, -0.2) is 19.6 Å². The third-order valence-electron chi connectivity index (χ3n) is 8.86. The normalized spacial score (nSPS) is 13.4. The maximum atomic E-state index is 14.0. The quantitative estimate of drug-likeness (QED) is 0.0861. The first-order chi connectivity index (χ1) is 26.1. The lowest BCUT2D eigenvalue weighted by Gasteiger charge is -2.30. The minimum atomic E-state index is -1.08. The summed E-state index contributed by atoms with van der Waals surface area (Å²) in [5, 5.41) is 23.4. The molecule has 5 rings (SSSR count). The van der Waals surface area contributed by atoms with Crippen LogP contribution in [0.5, 0.6) is 0 Å². The molecule has 3 aromatic carbocycles. The number of carbonyl (C=O) groups excluding carboxylic acids is 3. The number of ether oxygens (including phenoxy) is 1. The Morgan fingerprint density at radius 3 is 2.11 bits per heavy atom. The standard InChI is InChI=1S/C41H48N6O6S/c1-28(2)38(46-40(50)47(3)24-33-26-54-37(43-33)21-31-17-11-6-12-18-31)39(49)44-32(19-29-13-7-4-8-14-29)22-36(48)35(20-30-15-9-5-10-16-30)45-41(51)52-25-34-23-42-27-53-34/h4-18,23,26-28,32,35-36,38,48H,19-22,24-25H2,1-3H3,(H,44,49)(H,45,51)(H,46,50)/t32-,35-,36-,38-/m0/s1. The van der Waals surface area contributed by atoms with E-state index in [1.54, 1.807) is 18.4 Å². The predicted molar refractivity (Wildman–Crippen MR) is 206 cm³/mol. The monoisotopic (exact) mass is 752 g/mol. The van der Waals surface area contributed by atoms with Crippen LogP contribution in [0.15, 0.2) is 113 Å². The molecule has 0 radical (unpaired) electrons. The predicted octanol–water partition coefficient (Wildman–Crippen LogP) is 5.90. The van der Waals surface area contributed by atoms with Crippen molar-refractivity contribution >= 4 is 29.4 Å². The molecule has 0 aliphatic rings. The summed E-state index contributed by atoms with van der Waals surface area (Å²) in [6.07, 6.45) is 2.43. The third kappa shape index (κ3) is 12.6. The van der Waals surface area contributed by atoms with Crippen LogP contribution in [0.1, 0.15) is 53.4 Å². The Balaban J connectivity index is 1.24. The van der Waals surface area contributed by atoms with E-state index < -0.39 is 36.4 Å². The molecular formula is C41H48N6O6S. The van der Waals surface area contributed by atoms with Gasteiger partial charge in [0.2, 0.25) is 5.91 Å². The van der Waals surface area contributed by atoms with Gasteiger partial charge in [0.1, 0.15) is 6.04 Å². The van der Waals surface area contributed by atoms with E-state index in [1.165, 1.54) is 17.5 Å². The van der Waals surface area contributed by atoms with Gasteiger partial charge in [0.25, 0.3) is 0 Å². The van der Waals surface area contributed by atoms with Gasteiger partial charge in [-0.1, -0.05) is 105 Å². The molecule has 2 heterocycles. The molecule has 13 heteroatoms. The zero-order chi connectivity index (χ0) is 38.3. The number of rotatable bonds is 18. The molecule has 2 aromatic heterocycles. The summed E-state index contributed by atoms with van der Waals surface area (Å²) >= 11 is 1.55. The number of aliphatic hydroxyl groups excluding tert-OH is 1. The number of thiazole rings is 1. The van der Waals surface area contributed by atoms with E-state index in [4.69, 9.17) is 14.1 Å². The van der Waals surface area contributed by atoms with Crippen LogP contribution in [0.2, 0.25) is 0 Å². The molecule has 0 saturated heterocycles. The number of aromatic nitrogens is 2. The first-order valence-electron chi connectivity index (χ1n) is 18.0. The van der Waals surface area contributed by atoms with Gasteiger partial charge in [0.05, 0.1) is 35.6 Å². The summed E-state index contributed by atoms with van der Waals surface area (Å²) in [5.74, 6) is -0.240. The van der Waals surface area contributed by atoms with Crippen LogP contribution in [0.3, 0.4) is 0 Å². The molecule has 0 fully saturated rings. The van der Waals surface area contributed by atoms with E-state index in [1.807, 2.05) is 98.1 Å². The Labute approximate surface area is 320 Å². The number of benzene rings is 3. The second-order valence-corrected chi connectivity index (χ2v) is 14.5. The Morgan fingerprint density at radius 2 is 1.50 bits per heavy atom. The fourth-order valence-electron chi connectivity index (χ4n) is 6.00. The summed E-state index contributed by atoms with van der Waals surface area (Å²) in [4.78, 5) is 50.3. The smallest absolute Gasteiger partial charge is 0.407 e. The maximum Gasteiger partial charge on any atom is 0.407 e. The van der Waals surface area contributed by atoms with E-state index >= 15 is 0 Å². The van der Waals surface area contributed by atoms with Crippen molar-refractivity contribution in [1.82, 2.24) is 30.8 Å². The van der Waals surface area contributed by atoms with E-state index in [2.05, 4.69) is 33.1 Å². The molecule has 4 N–H and O–H groups in total. The number of hydrogen-bond acceptors (Lipinski definition) is 9. The van der Waals surface area contributed by atoms with Crippen LogP contribution in [0.4, 0.5) is 9.59 Å². The van der Waals surface area contributed by atoms with Gasteiger partial charge < -0.3 is 35.1 Å². The minimum absolute atomic E-state index is 0.105. The zero-order valence-electron chi connectivity index (χ0n) is 30.8. The van der Waals surface area contributed by atoms with Gasteiger partial charge in [0.15, 0.2) is 18.8 Å². The first kappa shape index (κ1) is 39.7. The highest BCUT2D eigenvalue weighted by Gasteiger charge is 2.31. The number of alkyl carbamates (subject to hydrolysis) is 1. The lowest BCUT2D eigenvalue weighted by atomic mass is 9.93. The second-order valence-electron chi connectivity index (χ2n) is 13.6. The Bertz CT molecular complexity index is 1870. The summed E-state index contributed by atoms with van der Waals surface area (Å²) < 4.78 is 10.5. The van der Waals surface area contributed by atoms with Gasteiger partial charge in [-0.05, 0) is 41.9 Å². The molecule has 12 nitrogen and oxygen atoms in total. The Morgan fingerprint density at radius 1 is 0.870 bits per heavy atom. The lowest BCUT2D eigenvalue weighted by molar-refractivity contribution is -0.124. The number of carbonyl (C=O) groups is 3. The van der Waals surface area contributed by atoms with E-state index in [-0.39, 0.29) is 31.4 Å². The van der Waals surface area contributed by atoms with Crippen molar-refractivity contribution in [3.63, 3.8) is 0 Å². The summed E-state index contributed by atoms with van der Waals surface area (Å²) in [5.41, 5.74) is 3.79. The number of amides is 4. The van der Waals surface area contributed by atoms with Gasteiger partial charge >= 0.3 is 12.1 Å². The highest BCUT2D eigenvalue weighted by atomic mass is 32.1. The molecule has 54 heavy (non-hydrogen) atoms. The number of hydrogen-bond donors (Lipinski definition) is 4. The number of nitrogens with one attached hydrogen (secondary N) is 3. The number of aliphatic hydroxyl groups is 1. The van der Waals surface area contributed by atoms with Gasteiger partial charge in [-0.2, -0.15) is 0 Å². The second kappa shape index (κ2) is 20.1. The number of nitrogens with zero attached hydrogens (tertiary/aromatic N) is 3. The Hall–Kier alpha value is -5.53. The molecule has 4 amide bonds. The first-order valence-corrected chi connectivity index (χ1v) is 18.9. The van der Waals surface area contributed by atoms with E-state index in [0.29, 0.717) is 25.0 Å². The van der Waals surface area contributed by atoms with Crippen LogP contribution in [0, 0.1) is 5.92 Å². The number of urea groups is 1. The average molecular weight is 753 g/mol. The number of oxazole rings is 1. The minimum Gasteiger partial charge on any atom is -0.445 e. The molecule has 0 aliphatic carbocycles. The highest BCUT2D eigenvalue weighted by molar-refractivity contribution is 7.09. The molecule has 4 atom stereocenters. The maximum absolute atomic E-state index is 14.0.